The molecule has 2 atom stereocenters. The van der Waals surface area contributed by atoms with Crippen LogP contribution in [0.15, 0.2) is 0 Å². The van der Waals surface area contributed by atoms with Gasteiger partial charge in [-0.3, -0.25) is 4.79 Å². The molecular formula is C12H21NO2. The summed E-state index contributed by atoms with van der Waals surface area (Å²) in [6.07, 6.45) is 3.82. The van der Waals surface area contributed by atoms with Gasteiger partial charge in [-0.2, -0.15) is 0 Å². The van der Waals surface area contributed by atoms with Gasteiger partial charge in [0.2, 0.25) is 0 Å². The van der Waals surface area contributed by atoms with Gasteiger partial charge >= 0.3 is 0 Å². The minimum absolute atomic E-state index is 0.100. The van der Waals surface area contributed by atoms with E-state index in [-0.39, 0.29) is 11.7 Å². The molecule has 86 valence electrons. The maximum absolute atomic E-state index is 11.8. The zero-order chi connectivity index (χ0) is 11.5. The van der Waals surface area contributed by atoms with E-state index in [1.54, 1.807) is 0 Å². The molecular weight excluding hydrogens is 190 g/mol. The first-order chi connectivity index (χ1) is 6.96. The molecule has 0 unspecified atom stereocenters. The second-order valence-corrected chi connectivity index (χ2v) is 4.81. The minimum atomic E-state index is -0.461. The van der Waals surface area contributed by atoms with Crippen LogP contribution in [0.1, 0.15) is 46.5 Å². The van der Waals surface area contributed by atoms with Crippen LogP contribution in [-0.4, -0.2) is 23.7 Å². The third-order valence-corrected chi connectivity index (χ3v) is 2.99. The van der Waals surface area contributed by atoms with Crippen LogP contribution in [0.5, 0.6) is 0 Å². The van der Waals surface area contributed by atoms with E-state index < -0.39 is 5.60 Å². The summed E-state index contributed by atoms with van der Waals surface area (Å²) in [5, 5.41) is 7.29. The molecule has 0 aromatic rings. The summed E-state index contributed by atoms with van der Waals surface area (Å²) in [6, 6.07) is 0. The van der Waals surface area contributed by atoms with Crippen molar-refractivity contribution in [1.82, 2.24) is 0 Å². The van der Waals surface area contributed by atoms with Gasteiger partial charge < -0.3 is 10.1 Å². The van der Waals surface area contributed by atoms with Gasteiger partial charge in [-0.25, -0.2) is 0 Å². The van der Waals surface area contributed by atoms with Crippen molar-refractivity contribution < 1.29 is 9.53 Å². The molecule has 0 aromatic heterocycles. The average Bonchev–Trinajstić information content (AvgIpc) is 2.90. The number of rotatable bonds is 7. The van der Waals surface area contributed by atoms with E-state index in [1.807, 2.05) is 20.8 Å². The SMILES string of the molecule is CC(=N)CCCC[C@H](C)C(=O)[C@@]1(C)CO1. The van der Waals surface area contributed by atoms with Crippen molar-refractivity contribution in [3.8, 4) is 0 Å². The van der Waals surface area contributed by atoms with Crippen molar-refractivity contribution in [3.05, 3.63) is 0 Å². The Labute approximate surface area is 91.7 Å². The fourth-order valence-corrected chi connectivity index (χ4v) is 1.74. The van der Waals surface area contributed by atoms with Crippen LogP contribution in [0.4, 0.5) is 0 Å². The topological polar surface area (TPSA) is 53.5 Å². The Balaban J connectivity index is 2.15. The molecule has 3 heteroatoms. The summed E-state index contributed by atoms with van der Waals surface area (Å²) in [7, 11) is 0. The molecule has 3 nitrogen and oxygen atoms in total. The molecule has 1 aliphatic rings. The van der Waals surface area contributed by atoms with Crippen molar-refractivity contribution in [3.63, 3.8) is 0 Å². The molecule has 0 amide bonds. The second kappa shape index (κ2) is 4.88. The number of ether oxygens (including phenoxy) is 1. The predicted octanol–water partition coefficient (Wildman–Crippen LogP) is 2.58. The van der Waals surface area contributed by atoms with Crippen molar-refractivity contribution in [1.29, 1.82) is 5.41 Å². The maximum atomic E-state index is 11.8. The standard InChI is InChI=1S/C12H21NO2/c1-9(6-4-5-7-10(2)13)11(14)12(3)8-15-12/h9,13H,4-8H2,1-3H3/t9-,12+/m0/s1. The summed E-state index contributed by atoms with van der Waals surface area (Å²) < 4.78 is 5.14. The summed E-state index contributed by atoms with van der Waals surface area (Å²) in [5.41, 5.74) is 0.267. The van der Waals surface area contributed by atoms with Crippen molar-refractivity contribution in [2.45, 2.75) is 52.1 Å². The number of hydrogen-bond donors (Lipinski definition) is 1. The number of unbranched alkanes of at least 4 members (excludes halogenated alkanes) is 1. The normalized spacial score (nSPS) is 26.1. The third-order valence-electron chi connectivity index (χ3n) is 2.99. The highest BCUT2D eigenvalue weighted by Gasteiger charge is 2.48. The Morgan fingerprint density at radius 3 is 2.60 bits per heavy atom. The van der Waals surface area contributed by atoms with E-state index in [2.05, 4.69) is 0 Å². The Morgan fingerprint density at radius 2 is 2.13 bits per heavy atom. The quantitative estimate of drug-likeness (QED) is 0.400. The average molecular weight is 211 g/mol. The molecule has 0 radical (unpaired) electrons. The van der Waals surface area contributed by atoms with Crippen LogP contribution in [0, 0.1) is 11.3 Å². The largest absolute Gasteiger partial charge is 0.362 e. The Morgan fingerprint density at radius 1 is 1.53 bits per heavy atom. The van der Waals surface area contributed by atoms with Crippen LogP contribution >= 0.6 is 0 Å². The smallest absolute Gasteiger partial charge is 0.169 e. The lowest BCUT2D eigenvalue weighted by molar-refractivity contribution is -0.127. The maximum Gasteiger partial charge on any atom is 0.169 e. The highest BCUT2D eigenvalue weighted by Crippen LogP contribution is 2.31. The molecule has 0 spiro atoms. The summed E-state index contributed by atoms with van der Waals surface area (Å²) in [5.74, 6) is 0.345. The number of nitrogens with one attached hydrogen (secondary N) is 1. The molecule has 1 aliphatic heterocycles. The fourth-order valence-electron chi connectivity index (χ4n) is 1.74. The van der Waals surface area contributed by atoms with Gasteiger partial charge in [0.05, 0.1) is 6.61 Å². The highest BCUT2D eigenvalue weighted by atomic mass is 16.6. The van der Waals surface area contributed by atoms with Gasteiger partial charge in [-0.15, -0.1) is 0 Å². The molecule has 1 fully saturated rings. The van der Waals surface area contributed by atoms with Gasteiger partial charge in [0.25, 0.3) is 0 Å². The number of carbonyl (C=O) groups excluding carboxylic acids is 1. The number of hydrogen-bond acceptors (Lipinski definition) is 3. The number of epoxide rings is 1. The van der Waals surface area contributed by atoms with Gasteiger partial charge in [-0.05, 0) is 33.1 Å². The van der Waals surface area contributed by atoms with E-state index in [0.29, 0.717) is 6.61 Å². The Kier molecular flexibility index (Phi) is 4.03. The van der Waals surface area contributed by atoms with Crippen LogP contribution in [0.3, 0.4) is 0 Å². The molecule has 0 saturated carbocycles. The first-order valence-electron chi connectivity index (χ1n) is 5.68. The monoisotopic (exact) mass is 211 g/mol. The van der Waals surface area contributed by atoms with Gasteiger partial charge in [-0.1, -0.05) is 13.3 Å². The van der Waals surface area contributed by atoms with E-state index in [1.165, 1.54) is 0 Å². The van der Waals surface area contributed by atoms with Crippen LogP contribution in [0.25, 0.3) is 0 Å². The van der Waals surface area contributed by atoms with Crippen LogP contribution in [0.2, 0.25) is 0 Å². The lowest BCUT2D eigenvalue weighted by Crippen LogP contribution is -2.27. The lowest BCUT2D eigenvalue weighted by atomic mass is 9.91. The minimum Gasteiger partial charge on any atom is -0.362 e. The van der Waals surface area contributed by atoms with E-state index in [9.17, 15) is 4.79 Å². The summed E-state index contributed by atoms with van der Waals surface area (Å²) in [4.78, 5) is 11.8. The summed E-state index contributed by atoms with van der Waals surface area (Å²) in [6.45, 7) is 6.27. The van der Waals surface area contributed by atoms with E-state index in [4.69, 9.17) is 10.1 Å². The Hall–Kier alpha value is -0.700. The van der Waals surface area contributed by atoms with E-state index >= 15 is 0 Å². The molecule has 0 aliphatic carbocycles. The van der Waals surface area contributed by atoms with Crippen molar-refractivity contribution in [2.24, 2.45) is 5.92 Å². The second-order valence-electron chi connectivity index (χ2n) is 4.81. The third kappa shape index (κ3) is 3.74. The van der Waals surface area contributed by atoms with Crippen LogP contribution < -0.4 is 0 Å². The van der Waals surface area contributed by atoms with Crippen molar-refractivity contribution in [2.75, 3.05) is 6.61 Å². The predicted molar refractivity (Wildman–Crippen MR) is 60.4 cm³/mol. The molecule has 1 heterocycles. The molecule has 15 heavy (non-hydrogen) atoms. The molecule has 1 saturated heterocycles. The van der Waals surface area contributed by atoms with E-state index in [0.717, 1.165) is 31.4 Å². The Bertz CT molecular complexity index is 256. The van der Waals surface area contributed by atoms with Gasteiger partial charge in [0.1, 0.15) is 5.60 Å². The number of ketones is 1. The number of Topliss-reactive ketones (excluding diaryl/α,β-unsaturated/α-hetero) is 1. The van der Waals surface area contributed by atoms with Crippen molar-refractivity contribution >= 4 is 11.5 Å². The zero-order valence-electron chi connectivity index (χ0n) is 9.93. The molecule has 1 rings (SSSR count). The zero-order valence-corrected chi connectivity index (χ0v) is 9.93. The van der Waals surface area contributed by atoms with Crippen LogP contribution in [-0.2, 0) is 9.53 Å². The molecule has 0 bridgehead atoms. The number of carbonyl (C=O) groups is 1. The van der Waals surface area contributed by atoms with Gasteiger partial charge in [0, 0.05) is 11.6 Å². The summed E-state index contributed by atoms with van der Waals surface area (Å²) >= 11 is 0. The molecule has 0 aromatic carbocycles. The highest BCUT2D eigenvalue weighted by molar-refractivity contribution is 5.91. The first-order valence-corrected chi connectivity index (χ1v) is 5.68. The fraction of sp³-hybridized carbons (Fsp3) is 0.833. The van der Waals surface area contributed by atoms with Gasteiger partial charge in [0.15, 0.2) is 5.78 Å². The lowest BCUT2D eigenvalue weighted by Gasteiger charge is -2.12. The first kappa shape index (κ1) is 12.4. The molecule has 1 N–H and O–H groups in total.